The fraction of sp³-hybridized carbons (Fsp3) is 0.0476. The summed E-state index contributed by atoms with van der Waals surface area (Å²) in [4.78, 5) is 34.0. The van der Waals surface area contributed by atoms with Gasteiger partial charge in [-0.05, 0) is 48.5 Å². The maximum atomic E-state index is 13.1. The molecular formula is C21H15FN4O2S. The number of hydrogen-bond acceptors (Lipinski definition) is 5. The summed E-state index contributed by atoms with van der Waals surface area (Å²) in [6.45, 7) is 0. The van der Waals surface area contributed by atoms with E-state index in [1.165, 1.54) is 28.8 Å². The summed E-state index contributed by atoms with van der Waals surface area (Å²) in [6, 6.07) is 16.1. The van der Waals surface area contributed by atoms with Gasteiger partial charge in [0.2, 0.25) is 5.91 Å². The van der Waals surface area contributed by atoms with Crippen LogP contribution in [0.1, 0.15) is 0 Å². The molecule has 4 aromatic rings. The Labute approximate surface area is 169 Å². The van der Waals surface area contributed by atoms with E-state index in [1.807, 2.05) is 0 Å². The minimum absolute atomic E-state index is 0.0302. The number of nitrogens with one attached hydrogen (secondary N) is 1. The van der Waals surface area contributed by atoms with Crippen LogP contribution in [0.15, 0.2) is 83.0 Å². The van der Waals surface area contributed by atoms with Crippen LogP contribution < -0.4 is 10.9 Å². The van der Waals surface area contributed by atoms with Crippen LogP contribution in [0, 0.1) is 5.82 Å². The summed E-state index contributed by atoms with van der Waals surface area (Å²) in [5.74, 6) is -0.637. The first kappa shape index (κ1) is 18.8. The van der Waals surface area contributed by atoms with E-state index in [-0.39, 0.29) is 23.0 Å². The number of aromatic nitrogens is 3. The fourth-order valence-corrected chi connectivity index (χ4v) is 3.60. The third-order valence-corrected chi connectivity index (χ3v) is 5.05. The van der Waals surface area contributed by atoms with Gasteiger partial charge in [0.05, 0.1) is 28.5 Å². The summed E-state index contributed by atoms with van der Waals surface area (Å²) >= 11 is 1.14. The summed E-state index contributed by atoms with van der Waals surface area (Å²) < 4.78 is 14.5. The molecule has 0 saturated carbocycles. The molecule has 0 aliphatic heterocycles. The highest BCUT2D eigenvalue weighted by molar-refractivity contribution is 7.99. The number of anilines is 1. The lowest BCUT2D eigenvalue weighted by atomic mass is 10.2. The Kier molecular flexibility index (Phi) is 5.35. The molecule has 29 heavy (non-hydrogen) atoms. The van der Waals surface area contributed by atoms with Gasteiger partial charge in [-0.15, -0.1) is 0 Å². The van der Waals surface area contributed by atoms with E-state index < -0.39 is 0 Å². The highest BCUT2D eigenvalue weighted by Crippen LogP contribution is 2.21. The normalized spacial score (nSPS) is 10.8. The SMILES string of the molecule is O=C(CSc1nc2ccccc2c(=O)n1-c1cccnc1)Nc1ccc(F)cc1. The zero-order chi connectivity index (χ0) is 20.2. The Morgan fingerprint density at radius 2 is 1.86 bits per heavy atom. The molecule has 0 atom stereocenters. The molecule has 0 radical (unpaired) electrons. The number of para-hydroxylation sites is 1. The highest BCUT2D eigenvalue weighted by atomic mass is 32.2. The molecule has 8 heteroatoms. The second-order valence-corrected chi connectivity index (χ2v) is 7.05. The molecular weight excluding hydrogens is 391 g/mol. The number of carbonyl (C=O) groups is 1. The molecule has 0 saturated heterocycles. The maximum absolute atomic E-state index is 13.1. The van der Waals surface area contributed by atoms with Crippen LogP contribution in [0.25, 0.3) is 16.6 Å². The molecule has 1 N–H and O–H groups in total. The molecule has 0 aliphatic carbocycles. The molecule has 4 rings (SSSR count). The van der Waals surface area contributed by atoms with Gasteiger partial charge in [-0.2, -0.15) is 0 Å². The molecule has 2 heterocycles. The van der Waals surface area contributed by atoms with E-state index in [1.54, 1.807) is 48.8 Å². The van der Waals surface area contributed by atoms with Crippen LogP contribution in [-0.2, 0) is 4.79 Å². The van der Waals surface area contributed by atoms with Gasteiger partial charge in [-0.3, -0.25) is 19.1 Å². The van der Waals surface area contributed by atoms with Crippen LogP contribution in [0.4, 0.5) is 10.1 Å². The second kappa shape index (κ2) is 8.24. The molecule has 6 nitrogen and oxygen atoms in total. The summed E-state index contributed by atoms with van der Waals surface area (Å²) in [5.41, 5.74) is 1.38. The van der Waals surface area contributed by atoms with Gasteiger partial charge in [-0.1, -0.05) is 23.9 Å². The van der Waals surface area contributed by atoms with Crippen molar-refractivity contribution in [3.8, 4) is 5.69 Å². The van der Waals surface area contributed by atoms with Crippen molar-refractivity contribution in [1.29, 1.82) is 0 Å². The van der Waals surface area contributed by atoms with Gasteiger partial charge in [0.15, 0.2) is 5.16 Å². The zero-order valence-corrected chi connectivity index (χ0v) is 15.9. The van der Waals surface area contributed by atoms with Crippen LogP contribution in [0.2, 0.25) is 0 Å². The van der Waals surface area contributed by atoms with Gasteiger partial charge in [0.1, 0.15) is 5.82 Å². The van der Waals surface area contributed by atoms with Crippen molar-refractivity contribution >= 4 is 34.3 Å². The minimum atomic E-state index is -0.377. The Morgan fingerprint density at radius 1 is 1.07 bits per heavy atom. The van der Waals surface area contributed by atoms with E-state index in [0.717, 1.165) is 11.8 Å². The van der Waals surface area contributed by atoms with Gasteiger partial charge < -0.3 is 5.32 Å². The first-order chi connectivity index (χ1) is 14.1. The minimum Gasteiger partial charge on any atom is -0.325 e. The predicted molar refractivity (Wildman–Crippen MR) is 111 cm³/mol. The standard InChI is InChI=1S/C21H15FN4O2S/c22-14-7-9-15(10-8-14)24-19(27)13-29-21-25-18-6-2-1-5-17(18)20(28)26(21)16-4-3-11-23-12-16/h1-12H,13H2,(H,24,27). The number of amides is 1. The monoisotopic (exact) mass is 406 g/mol. The first-order valence-electron chi connectivity index (χ1n) is 8.72. The molecule has 0 aliphatic rings. The average molecular weight is 406 g/mol. The zero-order valence-electron chi connectivity index (χ0n) is 15.1. The molecule has 1 amide bonds. The van der Waals surface area contributed by atoms with Crippen LogP contribution in [0.3, 0.4) is 0 Å². The third-order valence-electron chi connectivity index (χ3n) is 4.11. The second-order valence-electron chi connectivity index (χ2n) is 6.11. The summed E-state index contributed by atoms with van der Waals surface area (Å²) in [5, 5.41) is 3.56. The molecule has 0 fully saturated rings. The molecule has 144 valence electrons. The van der Waals surface area contributed by atoms with Crippen LogP contribution in [-0.4, -0.2) is 26.2 Å². The smallest absolute Gasteiger partial charge is 0.266 e. The lowest BCUT2D eigenvalue weighted by molar-refractivity contribution is -0.113. The number of nitrogens with zero attached hydrogens (tertiary/aromatic N) is 3. The van der Waals surface area contributed by atoms with Crippen molar-refractivity contribution in [2.45, 2.75) is 5.16 Å². The number of halogens is 1. The number of carbonyl (C=O) groups excluding carboxylic acids is 1. The Hall–Kier alpha value is -3.52. The molecule has 2 aromatic heterocycles. The van der Waals surface area contributed by atoms with Gasteiger partial charge in [-0.25, -0.2) is 9.37 Å². The van der Waals surface area contributed by atoms with Crippen LogP contribution in [0.5, 0.6) is 0 Å². The van der Waals surface area contributed by atoms with Crippen molar-refractivity contribution in [1.82, 2.24) is 14.5 Å². The number of benzene rings is 2. The van der Waals surface area contributed by atoms with E-state index in [9.17, 15) is 14.0 Å². The molecule has 2 aromatic carbocycles. The van der Waals surface area contributed by atoms with Gasteiger partial charge in [0, 0.05) is 11.9 Å². The quantitative estimate of drug-likeness (QED) is 0.404. The Morgan fingerprint density at radius 3 is 2.62 bits per heavy atom. The summed E-state index contributed by atoms with van der Waals surface area (Å²) in [7, 11) is 0. The number of pyridine rings is 1. The molecule has 0 unspecified atom stereocenters. The lowest BCUT2D eigenvalue weighted by Gasteiger charge is -2.13. The van der Waals surface area contributed by atoms with Crippen molar-refractivity contribution in [3.05, 3.63) is 89.2 Å². The van der Waals surface area contributed by atoms with Crippen molar-refractivity contribution in [2.24, 2.45) is 0 Å². The van der Waals surface area contributed by atoms with Crippen molar-refractivity contribution in [3.63, 3.8) is 0 Å². The number of hydrogen-bond donors (Lipinski definition) is 1. The topological polar surface area (TPSA) is 76.9 Å². The number of rotatable bonds is 5. The lowest BCUT2D eigenvalue weighted by Crippen LogP contribution is -2.23. The van der Waals surface area contributed by atoms with Crippen LogP contribution >= 0.6 is 11.8 Å². The van der Waals surface area contributed by atoms with E-state index in [4.69, 9.17) is 0 Å². The van der Waals surface area contributed by atoms with Crippen molar-refractivity contribution in [2.75, 3.05) is 11.1 Å². The predicted octanol–water partition coefficient (Wildman–Crippen LogP) is 3.65. The van der Waals surface area contributed by atoms with Crippen molar-refractivity contribution < 1.29 is 9.18 Å². The number of thioether (sulfide) groups is 1. The van der Waals surface area contributed by atoms with Gasteiger partial charge in [0.25, 0.3) is 5.56 Å². The Bertz CT molecular complexity index is 1230. The van der Waals surface area contributed by atoms with E-state index in [2.05, 4.69) is 15.3 Å². The fourth-order valence-electron chi connectivity index (χ4n) is 2.78. The van der Waals surface area contributed by atoms with E-state index >= 15 is 0 Å². The van der Waals surface area contributed by atoms with Gasteiger partial charge >= 0.3 is 0 Å². The van der Waals surface area contributed by atoms with E-state index in [0.29, 0.717) is 27.4 Å². The molecule has 0 bridgehead atoms. The average Bonchev–Trinajstić information content (AvgIpc) is 2.75. The first-order valence-corrected chi connectivity index (χ1v) is 9.71. The largest absolute Gasteiger partial charge is 0.325 e. The third kappa shape index (κ3) is 4.17. The number of fused-ring (bicyclic) bond motifs is 1. The maximum Gasteiger partial charge on any atom is 0.266 e. The Balaban J connectivity index is 1.64. The highest BCUT2D eigenvalue weighted by Gasteiger charge is 2.15. The summed E-state index contributed by atoms with van der Waals surface area (Å²) in [6.07, 6.45) is 3.19. The molecule has 0 spiro atoms.